The molecule has 2 saturated carbocycles. The van der Waals surface area contributed by atoms with Gasteiger partial charge in [0.05, 0.1) is 18.1 Å². The van der Waals surface area contributed by atoms with Crippen LogP contribution in [-0.4, -0.2) is 46.7 Å². The van der Waals surface area contributed by atoms with E-state index < -0.39 is 17.7 Å². The van der Waals surface area contributed by atoms with Gasteiger partial charge in [-0.2, -0.15) is 0 Å². The normalized spacial score (nSPS) is 26.3. The Balaban J connectivity index is 2.07. The number of amides is 2. The van der Waals surface area contributed by atoms with Gasteiger partial charge in [-0.25, -0.2) is 4.79 Å². The molecular formula is C17H31N3O3. The van der Waals surface area contributed by atoms with Crippen molar-refractivity contribution < 1.29 is 14.3 Å². The summed E-state index contributed by atoms with van der Waals surface area (Å²) in [4.78, 5) is 26.6. The summed E-state index contributed by atoms with van der Waals surface area (Å²) in [5.74, 6) is -0.00427. The van der Waals surface area contributed by atoms with Gasteiger partial charge in [0.2, 0.25) is 5.91 Å². The summed E-state index contributed by atoms with van der Waals surface area (Å²) in [6, 6.07) is -0.233. The largest absolute Gasteiger partial charge is 0.444 e. The van der Waals surface area contributed by atoms with Crippen LogP contribution in [0, 0.1) is 0 Å². The van der Waals surface area contributed by atoms with E-state index in [1.165, 1.54) is 0 Å². The number of carbonyl (C=O) groups is 2. The number of alkyl carbamates (subject to hydrolysis) is 1. The van der Waals surface area contributed by atoms with E-state index in [0.29, 0.717) is 6.04 Å². The Kier molecular flexibility index (Phi) is 5.55. The van der Waals surface area contributed by atoms with Crippen LogP contribution in [0.3, 0.4) is 0 Å². The highest BCUT2D eigenvalue weighted by molar-refractivity contribution is 5.82. The lowest BCUT2D eigenvalue weighted by molar-refractivity contribution is -0.136. The van der Waals surface area contributed by atoms with Crippen LogP contribution in [0.15, 0.2) is 0 Å². The molecule has 0 bridgehead atoms. The topological polar surface area (TPSA) is 84.7 Å². The van der Waals surface area contributed by atoms with Crippen LogP contribution in [0.2, 0.25) is 0 Å². The number of nitrogens with zero attached hydrogens (tertiary/aromatic N) is 1. The molecule has 132 valence electrons. The van der Waals surface area contributed by atoms with E-state index >= 15 is 0 Å². The second-order valence-corrected chi connectivity index (χ2v) is 7.87. The number of carbonyl (C=O) groups excluding carboxylic acids is 2. The first-order chi connectivity index (χ1) is 10.7. The van der Waals surface area contributed by atoms with Crippen molar-refractivity contribution in [2.45, 2.75) is 96.0 Å². The molecule has 6 nitrogen and oxygen atoms in total. The van der Waals surface area contributed by atoms with Gasteiger partial charge in [0, 0.05) is 6.04 Å². The predicted octanol–water partition coefficient (Wildman–Crippen LogP) is 2.16. The van der Waals surface area contributed by atoms with Crippen LogP contribution in [0.5, 0.6) is 0 Å². The summed E-state index contributed by atoms with van der Waals surface area (Å²) in [6.45, 7) is 7.28. The number of nitrogens with one attached hydrogen (secondary N) is 1. The maximum Gasteiger partial charge on any atom is 0.407 e. The number of nitrogens with two attached hydrogens (primary N) is 1. The highest BCUT2D eigenvalue weighted by atomic mass is 16.6. The molecule has 2 aliphatic rings. The third kappa shape index (κ3) is 5.09. The van der Waals surface area contributed by atoms with Gasteiger partial charge >= 0.3 is 6.09 Å². The Hall–Kier alpha value is -1.30. The van der Waals surface area contributed by atoms with E-state index in [1.54, 1.807) is 6.92 Å². The fourth-order valence-corrected chi connectivity index (χ4v) is 3.27. The standard InChI is InChI=1S/C17H31N3O3/c1-11(18)15(21)20(12-9-10-12)14-8-6-5-7-13(14)19-16(22)23-17(2,3)4/h11-14H,5-10,18H2,1-4H3,(H,19,22)/t11-,13+,14+/m0/s1. The van der Waals surface area contributed by atoms with Gasteiger partial charge in [0.25, 0.3) is 0 Å². The molecule has 2 fully saturated rings. The SMILES string of the molecule is C[C@H](N)C(=O)N(C1CC1)[C@@H]1CCCC[C@H]1NC(=O)OC(C)(C)C. The maximum atomic E-state index is 12.5. The molecule has 0 aromatic heterocycles. The molecule has 6 heteroatoms. The first-order valence-electron chi connectivity index (χ1n) is 8.76. The van der Waals surface area contributed by atoms with Gasteiger partial charge in [-0.15, -0.1) is 0 Å². The average molecular weight is 325 g/mol. The van der Waals surface area contributed by atoms with Crippen molar-refractivity contribution in [3.05, 3.63) is 0 Å². The Morgan fingerprint density at radius 2 is 1.78 bits per heavy atom. The maximum absolute atomic E-state index is 12.5. The Labute approximate surface area is 139 Å². The van der Waals surface area contributed by atoms with Crippen molar-refractivity contribution in [1.29, 1.82) is 0 Å². The second-order valence-electron chi connectivity index (χ2n) is 7.87. The van der Waals surface area contributed by atoms with Crippen molar-refractivity contribution in [2.24, 2.45) is 5.73 Å². The molecule has 2 aliphatic carbocycles. The third-order valence-corrected chi connectivity index (χ3v) is 4.37. The third-order valence-electron chi connectivity index (χ3n) is 4.37. The minimum absolute atomic E-state index is 0.00427. The van der Waals surface area contributed by atoms with Crippen LogP contribution < -0.4 is 11.1 Å². The molecule has 0 radical (unpaired) electrons. The first kappa shape index (κ1) is 18.0. The zero-order valence-corrected chi connectivity index (χ0v) is 14.8. The Morgan fingerprint density at radius 3 is 2.30 bits per heavy atom. The van der Waals surface area contributed by atoms with Gasteiger partial charge in [0.1, 0.15) is 5.60 Å². The van der Waals surface area contributed by atoms with E-state index in [1.807, 2.05) is 25.7 Å². The van der Waals surface area contributed by atoms with Gasteiger partial charge in [0.15, 0.2) is 0 Å². The van der Waals surface area contributed by atoms with E-state index in [0.717, 1.165) is 38.5 Å². The van der Waals surface area contributed by atoms with Crippen molar-refractivity contribution in [2.75, 3.05) is 0 Å². The molecule has 0 spiro atoms. The van der Waals surface area contributed by atoms with Crippen LogP contribution >= 0.6 is 0 Å². The van der Waals surface area contributed by atoms with Gasteiger partial charge in [-0.1, -0.05) is 12.8 Å². The van der Waals surface area contributed by atoms with Crippen molar-refractivity contribution >= 4 is 12.0 Å². The molecule has 3 N–H and O–H groups in total. The molecule has 23 heavy (non-hydrogen) atoms. The summed E-state index contributed by atoms with van der Waals surface area (Å²) in [6.07, 6.45) is 5.59. The smallest absolute Gasteiger partial charge is 0.407 e. The molecule has 0 heterocycles. The summed E-state index contributed by atoms with van der Waals surface area (Å²) in [5, 5.41) is 2.99. The van der Waals surface area contributed by atoms with Crippen LogP contribution in [0.1, 0.15) is 66.2 Å². The molecule has 2 rings (SSSR count). The van der Waals surface area contributed by atoms with E-state index in [2.05, 4.69) is 5.32 Å². The lowest BCUT2D eigenvalue weighted by atomic mass is 9.88. The zero-order valence-electron chi connectivity index (χ0n) is 14.8. The van der Waals surface area contributed by atoms with Gasteiger partial charge in [-0.3, -0.25) is 4.79 Å². The number of hydrogen-bond acceptors (Lipinski definition) is 4. The van der Waals surface area contributed by atoms with E-state index in [4.69, 9.17) is 10.5 Å². The highest BCUT2D eigenvalue weighted by Gasteiger charge is 2.42. The summed E-state index contributed by atoms with van der Waals surface area (Å²) < 4.78 is 5.37. The van der Waals surface area contributed by atoms with Crippen LogP contribution in [0.4, 0.5) is 4.79 Å². The molecular weight excluding hydrogens is 294 g/mol. The summed E-state index contributed by atoms with van der Waals surface area (Å²) in [5.41, 5.74) is 5.31. The van der Waals surface area contributed by atoms with Gasteiger partial charge < -0.3 is 20.7 Å². The Morgan fingerprint density at radius 1 is 1.17 bits per heavy atom. The molecule has 3 atom stereocenters. The lowest BCUT2D eigenvalue weighted by Crippen LogP contribution is -2.58. The fourth-order valence-electron chi connectivity index (χ4n) is 3.27. The van der Waals surface area contributed by atoms with Crippen molar-refractivity contribution in [1.82, 2.24) is 10.2 Å². The molecule has 0 aliphatic heterocycles. The number of ether oxygens (including phenoxy) is 1. The van der Waals surface area contributed by atoms with Crippen molar-refractivity contribution in [3.63, 3.8) is 0 Å². The summed E-state index contributed by atoms with van der Waals surface area (Å²) in [7, 11) is 0. The van der Waals surface area contributed by atoms with Crippen molar-refractivity contribution in [3.8, 4) is 0 Å². The highest BCUT2D eigenvalue weighted by Crippen LogP contribution is 2.34. The lowest BCUT2D eigenvalue weighted by Gasteiger charge is -2.41. The monoisotopic (exact) mass is 325 g/mol. The first-order valence-corrected chi connectivity index (χ1v) is 8.76. The molecule has 0 aromatic carbocycles. The number of rotatable bonds is 4. The average Bonchev–Trinajstić information content (AvgIpc) is 3.23. The Bertz CT molecular complexity index is 441. The minimum Gasteiger partial charge on any atom is -0.444 e. The zero-order chi connectivity index (χ0) is 17.2. The molecule has 2 amide bonds. The minimum atomic E-state index is -0.522. The molecule has 0 aromatic rings. The van der Waals surface area contributed by atoms with E-state index in [-0.39, 0.29) is 18.0 Å². The van der Waals surface area contributed by atoms with Gasteiger partial charge in [-0.05, 0) is 53.4 Å². The summed E-state index contributed by atoms with van der Waals surface area (Å²) >= 11 is 0. The predicted molar refractivity (Wildman–Crippen MR) is 88.9 cm³/mol. The second kappa shape index (κ2) is 7.07. The van der Waals surface area contributed by atoms with Crippen LogP contribution in [0.25, 0.3) is 0 Å². The molecule has 0 unspecified atom stereocenters. The quantitative estimate of drug-likeness (QED) is 0.829. The molecule has 0 saturated heterocycles. The number of hydrogen-bond donors (Lipinski definition) is 2. The fraction of sp³-hybridized carbons (Fsp3) is 0.882. The van der Waals surface area contributed by atoms with E-state index in [9.17, 15) is 9.59 Å². The van der Waals surface area contributed by atoms with Crippen LogP contribution in [-0.2, 0) is 9.53 Å².